The largest absolute Gasteiger partial charge is 0.309 e. The molecule has 0 aliphatic rings. The van der Waals surface area contributed by atoms with E-state index in [0.29, 0.717) is 13.0 Å². The van der Waals surface area contributed by atoms with Gasteiger partial charge in [0.1, 0.15) is 0 Å². The van der Waals surface area contributed by atoms with Crippen molar-refractivity contribution in [1.82, 2.24) is 10.3 Å². The molecule has 1 N–H and O–H groups in total. The van der Waals surface area contributed by atoms with E-state index in [1.54, 1.807) is 18.3 Å². The lowest BCUT2D eigenvalue weighted by Gasteiger charge is -2.13. The quantitative estimate of drug-likeness (QED) is 0.648. The minimum absolute atomic E-state index is 0.124. The van der Waals surface area contributed by atoms with Gasteiger partial charge < -0.3 is 5.32 Å². The highest BCUT2D eigenvalue weighted by atomic mass is 16.6. The van der Waals surface area contributed by atoms with Crippen LogP contribution in [-0.2, 0) is 6.42 Å². The van der Waals surface area contributed by atoms with E-state index in [9.17, 15) is 10.1 Å². The second kappa shape index (κ2) is 6.77. The van der Waals surface area contributed by atoms with Crippen LogP contribution in [0.15, 0.2) is 48.7 Å². The number of nitrogens with zero attached hydrogens (tertiary/aromatic N) is 2. The Hall–Kier alpha value is -2.27. The summed E-state index contributed by atoms with van der Waals surface area (Å²) in [4.78, 5) is 14.9. The number of rotatable bonds is 6. The number of nitro groups is 1. The van der Waals surface area contributed by atoms with Crippen LogP contribution >= 0.6 is 0 Å². The predicted octanol–water partition coefficient (Wildman–Crippen LogP) is 2.88. The second-order valence-electron chi connectivity index (χ2n) is 4.57. The summed E-state index contributed by atoms with van der Waals surface area (Å²) in [6.45, 7) is 2.70. The molecule has 0 aliphatic carbocycles. The third-order valence-corrected chi connectivity index (χ3v) is 3.16. The van der Waals surface area contributed by atoms with E-state index in [-0.39, 0.29) is 16.7 Å². The first-order chi connectivity index (χ1) is 9.68. The lowest BCUT2D eigenvalue weighted by molar-refractivity contribution is -0.385. The van der Waals surface area contributed by atoms with E-state index >= 15 is 0 Å². The van der Waals surface area contributed by atoms with Crippen molar-refractivity contribution in [3.63, 3.8) is 0 Å². The van der Waals surface area contributed by atoms with Crippen LogP contribution < -0.4 is 5.32 Å². The molecule has 1 aromatic carbocycles. The van der Waals surface area contributed by atoms with Gasteiger partial charge in [-0.1, -0.05) is 24.3 Å². The number of nitro benzene ring substituents is 1. The van der Waals surface area contributed by atoms with Crippen molar-refractivity contribution in [3.8, 4) is 0 Å². The average Bonchev–Trinajstić information content (AvgIpc) is 2.48. The molecule has 104 valence electrons. The molecule has 5 heteroatoms. The number of hydrogen-bond donors (Lipinski definition) is 1. The van der Waals surface area contributed by atoms with Gasteiger partial charge in [0.05, 0.1) is 10.6 Å². The van der Waals surface area contributed by atoms with Gasteiger partial charge in [-0.05, 0) is 25.5 Å². The molecule has 1 aromatic heterocycles. The summed E-state index contributed by atoms with van der Waals surface area (Å²) in [5.74, 6) is 0. The molecule has 0 amide bonds. The second-order valence-corrected chi connectivity index (χ2v) is 4.57. The molecule has 20 heavy (non-hydrogen) atoms. The number of para-hydroxylation sites is 1. The SMILES string of the molecule is C[C@@H](NCCc1ccccc1[N+](=O)[O-])c1ccccn1. The molecule has 0 saturated carbocycles. The van der Waals surface area contributed by atoms with Gasteiger partial charge in [-0.3, -0.25) is 15.1 Å². The van der Waals surface area contributed by atoms with Gasteiger partial charge in [0, 0.05) is 30.4 Å². The van der Waals surface area contributed by atoms with Crippen LogP contribution in [0.3, 0.4) is 0 Å². The maximum Gasteiger partial charge on any atom is 0.272 e. The van der Waals surface area contributed by atoms with E-state index in [0.717, 1.165) is 11.3 Å². The summed E-state index contributed by atoms with van der Waals surface area (Å²) < 4.78 is 0. The first-order valence-corrected chi connectivity index (χ1v) is 6.55. The van der Waals surface area contributed by atoms with Gasteiger partial charge in [0.2, 0.25) is 0 Å². The van der Waals surface area contributed by atoms with Gasteiger partial charge in [-0.25, -0.2) is 0 Å². The minimum Gasteiger partial charge on any atom is -0.309 e. The van der Waals surface area contributed by atoms with Crippen LogP contribution in [0.2, 0.25) is 0 Å². The molecule has 1 heterocycles. The Kier molecular flexibility index (Phi) is 4.79. The fourth-order valence-corrected chi connectivity index (χ4v) is 2.06. The smallest absolute Gasteiger partial charge is 0.272 e. The number of pyridine rings is 1. The molecule has 0 bridgehead atoms. The molecule has 2 rings (SSSR count). The van der Waals surface area contributed by atoms with Crippen molar-refractivity contribution in [2.75, 3.05) is 6.54 Å². The fourth-order valence-electron chi connectivity index (χ4n) is 2.06. The Morgan fingerprint density at radius 1 is 1.25 bits per heavy atom. The third kappa shape index (κ3) is 3.61. The normalized spacial score (nSPS) is 12.1. The summed E-state index contributed by atoms with van der Waals surface area (Å²) in [6.07, 6.45) is 2.38. The van der Waals surface area contributed by atoms with Crippen molar-refractivity contribution >= 4 is 5.69 Å². The Morgan fingerprint density at radius 3 is 2.70 bits per heavy atom. The molecule has 0 aliphatic heterocycles. The van der Waals surface area contributed by atoms with Crippen molar-refractivity contribution in [2.45, 2.75) is 19.4 Å². The topological polar surface area (TPSA) is 68.1 Å². The summed E-state index contributed by atoms with van der Waals surface area (Å²) in [6, 6.07) is 12.8. The minimum atomic E-state index is -0.336. The fraction of sp³-hybridized carbons (Fsp3) is 0.267. The molecule has 5 nitrogen and oxygen atoms in total. The highest BCUT2D eigenvalue weighted by molar-refractivity contribution is 5.39. The van der Waals surface area contributed by atoms with Crippen molar-refractivity contribution in [2.24, 2.45) is 0 Å². The highest BCUT2D eigenvalue weighted by Gasteiger charge is 2.12. The van der Waals surface area contributed by atoms with Crippen LogP contribution in [0.25, 0.3) is 0 Å². The van der Waals surface area contributed by atoms with E-state index in [4.69, 9.17) is 0 Å². The van der Waals surface area contributed by atoms with Crippen molar-refractivity contribution < 1.29 is 4.92 Å². The predicted molar refractivity (Wildman–Crippen MR) is 77.5 cm³/mol. The summed E-state index contributed by atoms with van der Waals surface area (Å²) in [5, 5.41) is 14.2. The van der Waals surface area contributed by atoms with E-state index in [2.05, 4.69) is 10.3 Å². The van der Waals surface area contributed by atoms with Crippen LogP contribution in [0.4, 0.5) is 5.69 Å². The monoisotopic (exact) mass is 271 g/mol. The first-order valence-electron chi connectivity index (χ1n) is 6.55. The zero-order valence-electron chi connectivity index (χ0n) is 11.3. The van der Waals surface area contributed by atoms with Crippen LogP contribution in [0.5, 0.6) is 0 Å². The molecular formula is C15H17N3O2. The van der Waals surface area contributed by atoms with Gasteiger partial charge in [-0.15, -0.1) is 0 Å². The lowest BCUT2D eigenvalue weighted by atomic mass is 10.1. The molecule has 0 radical (unpaired) electrons. The zero-order chi connectivity index (χ0) is 14.4. The number of nitrogens with one attached hydrogen (secondary N) is 1. The molecule has 0 unspecified atom stereocenters. The molecule has 0 saturated heterocycles. The molecular weight excluding hydrogens is 254 g/mol. The Balaban J connectivity index is 1.92. The highest BCUT2D eigenvalue weighted by Crippen LogP contribution is 2.18. The molecule has 2 aromatic rings. The van der Waals surface area contributed by atoms with Gasteiger partial charge >= 0.3 is 0 Å². The van der Waals surface area contributed by atoms with Crippen LogP contribution in [0.1, 0.15) is 24.2 Å². The average molecular weight is 271 g/mol. The molecule has 1 atom stereocenters. The Morgan fingerprint density at radius 2 is 2.00 bits per heavy atom. The first kappa shape index (κ1) is 14.1. The standard InChI is InChI=1S/C15H17N3O2/c1-12(14-7-4-5-10-17-14)16-11-9-13-6-2-3-8-15(13)18(19)20/h2-8,10,12,16H,9,11H2,1H3/t12-/m1/s1. The van der Waals surface area contributed by atoms with E-state index in [1.807, 2.05) is 31.2 Å². The maximum absolute atomic E-state index is 10.9. The van der Waals surface area contributed by atoms with Crippen LogP contribution in [0, 0.1) is 10.1 Å². The summed E-state index contributed by atoms with van der Waals surface area (Å²) in [7, 11) is 0. The molecule has 0 fully saturated rings. The lowest BCUT2D eigenvalue weighted by Crippen LogP contribution is -2.22. The maximum atomic E-state index is 10.9. The Bertz CT molecular complexity index is 572. The summed E-state index contributed by atoms with van der Waals surface area (Å²) >= 11 is 0. The van der Waals surface area contributed by atoms with Gasteiger partial charge in [0.25, 0.3) is 5.69 Å². The summed E-state index contributed by atoms with van der Waals surface area (Å²) in [5.41, 5.74) is 1.90. The van der Waals surface area contributed by atoms with Gasteiger partial charge in [0.15, 0.2) is 0 Å². The number of benzene rings is 1. The van der Waals surface area contributed by atoms with E-state index in [1.165, 1.54) is 6.07 Å². The zero-order valence-corrected chi connectivity index (χ0v) is 11.3. The molecule has 0 spiro atoms. The number of aromatic nitrogens is 1. The number of hydrogen-bond acceptors (Lipinski definition) is 4. The van der Waals surface area contributed by atoms with Crippen molar-refractivity contribution in [3.05, 3.63) is 70.0 Å². The van der Waals surface area contributed by atoms with Gasteiger partial charge in [-0.2, -0.15) is 0 Å². The van der Waals surface area contributed by atoms with E-state index < -0.39 is 0 Å². The van der Waals surface area contributed by atoms with Crippen LogP contribution in [-0.4, -0.2) is 16.5 Å². The Labute approximate surface area is 117 Å². The third-order valence-electron chi connectivity index (χ3n) is 3.16. The van der Waals surface area contributed by atoms with Crippen molar-refractivity contribution in [1.29, 1.82) is 0 Å².